The summed E-state index contributed by atoms with van der Waals surface area (Å²) in [6.07, 6.45) is 6.21. The fourth-order valence-corrected chi connectivity index (χ4v) is 2.00. The van der Waals surface area contributed by atoms with E-state index in [1.165, 1.54) is 6.42 Å². The summed E-state index contributed by atoms with van der Waals surface area (Å²) in [7, 11) is 0. The molecule has 0 spiro atoms. The molecule has 1 aliphatic rings. The Labute approximate surface area is 115 Å². The van der Waals surface area contributed by atoms with Crippen molar-refractivity contribution < 1.29 is 4.74 Å². The number of halogens is 1. The molecule has 18 heavy (non-hydrogen) atoms. The zero-order chi connectivity index (χ0) is 12.1. The summed E-state index contributed by atoms with van der Waals surface area (Å²) in [5.41, 5.74) is 0. The van der Waals surface area contributed by atoms with Crippen molar-refractivity contribution >= 4 is 12.4 Å². The summed E-state index contributed by atoms with van der Waals surface area (Å²) in [5, 5.41) is 7.66. The van der Waals surface area contributed by atoms with E-state index in [1.807, 2.05) is 17.1 Å². The van der Waals surface area contributed by atoms with Gasteiger partial charge in [0.2, 0.25) is 0 Å². The molecule has 1 fully saturated rings. The van der Waals surface area contributed by atoms with E-state index in [1.54, 1.807) is 0 Å². The second-order valence-corrected chi connectivity index (χ2v) is 5.29. The monoisotopic (exact) mass is 273 g/mol. The van der Waals surface area contributed by atoms with E-state index in [4.69, 9.17) is 4.74 Å². The maximum atomic E-state index is 5.75. The first kappa shape index (κ1) is 15.3. The van der Waals surface area contributed by atoms with Crippen molar-refractivity contribution in [1.82, 2.24) is 15.1 Å². The Morgan fingerprint density at radius 1 is 1.56 bits per heavy atom. The maximum absolute atomic E-state index is 5.75. The van der Waals surface area contributed by atoms with Gasteiger partial charge in [0, 0.05) is 19.0 Å². The van der Waals surface area contributed by atoms with E-state index in [0.29, 0.717) is 11.8 Å². The van der Waals surface area contributed by atoms with Crippen LogP contribution in [0.1, 0.15) is 26.7 Å². The second-order valence-electron chi connectivity index (χ2n) is 5.29. The number of rotatable bonds is 6. The number of hydrogen-bond donors (Lipinski definition) is 1. The lowest BCUT2D eigenvalue weighted by molar-refractivity contribution is 0.259. The molecule has 2 heterocycles. The largest absolute Gasteiger partial charge is 0.490 e. The quantitative estimate of drug-likeness (QED) is 0.865. The number of aromatic nitrogens is 2. The van der Waals surface area contributed by atoms with Crippen molar-refractivity contribution in [1.29, 1.82) is 0 Å². The Balaban J connectivity index is 0.00000162. The summed E-state index contributed by atoms with van der Waals surface area (Å²) in [4.78, 5) is 0. The molecule has 1 aromatic heterocycles. The van der Waals surface area contributed by atoms with Gasteiger partial charge in [-0.3, -0.25) is 4.68 Å². The topological polar surface area (TPSA) is 39.1 Å². The van der Waals surface area contributed by atoms with Gasteiger partial charge in [0.15, 0.2) is 5.75 Å². The number of aryl methyl sites for hydroxylation is 1. The summed E-state index contributed by atoms with van der Waals surface area (Å²) in [5.74, 6) is 2.28. The van der Waals surface area contributed by atoms with Gasteiger partial charge in [0.25, 0.3) is 0 Å². The van der Waals surface area contributed by atoms with Crippen LogP contribution in [0.4, 0.5) is 0 Å². The number of hydrogen-bond acceptors (Lipinski definition) is 3. The summed E-state index contributed by atoms with van der Waals surface area (Å²) in [6.45, 7) is 8.46. The predicted molar refractivity (Wildman–Crippen MR) is 75.4 cm³/mol. The molecule has 0 amide bonds. The highest BCUT2D eigenvalue weighted by atomic mass is 35.5. The van der Waals surface area contributed by atoms with Gasteiger partial charge in [0.05, 0.1) is 19.0 Å². The van der Waals surface area contributed by atoms with Gasteiger partial charge in [0.1, 0.15) is 0 Å². The summed E-state index contributed by atoms with van der Waals surface area (Å²) < 4.78 is 7.73. The van der Waals surface area contributed by atoms with Crippen LogP contribution in [0.5, 0.6) is 5.75 Å². The lowest BCUT2D eigenvalue weighted by Gasteiger charge is -2.08. The first-order valence-electron chi connectivity index (χ1n) is 6.60. The molecule has 1 N–H and O–H groups in total. The van der Waals surface area contributed by atoms with E-state index in [2.05, 4.69) is 24.3 Å². The summed E-state index contributed by atoms with van der Waals surface area (Å²) in [6, 6.07) is 0. The Morgan fingerprint density at radius 3 is 3.06 bits per heavy atom. The van der Waals surface area contributed by atoms with Crippen molar-refractivity contribution in [2.24, 2.45) is 11.8 Å². The molecule has 1 saturated heterocycles. The molecule has 0 aromatic carbocycles. The average molecular weight is 274 g/mol. The van der Waals surface area contributed by atoms with Gasteiger partial charge in [-0.2, -0.15) is 5.10 Å². The van der Waals surface area contributed by atoms with Crippen LogP contribution in [0.3, 0.4) is 0 Å². The van der Waals surface area contributed by atoms with Crippen molar-refractivity contribution in [3.05, 3.63) is 12.4 Å². The van der Waals surface area contributed by atoms with Gasteiger partial charge in [-0.25, -0.2) is 0 Å². The molecule has 0 bridgehead atoms. The van der Waals surface area contributed by atoms with Crippen molar-refractivity contribution in [3.63, 3.8) is 0 Å². The van der Waals surface area contributed by atoms with Crippen LogP contribution in [0, 0.1) is 11.8 Å². The molecule has 1 unspecified atom stereocenters. The SMILES string of the molecule is CC(C)CCn1cc(OCC2CCNC2)cn1.Cl. The highest BCUT2D eigenvalue weighted by Crippen LogP contribution is 2.14. The van der Waals surface area contributed by atoms with E-state index in [0.717, 1.165) is 38.4 Å². The van der Waals surface area contributed by atoms with Crippen LogP contribution in [0.2, 0.25) is 0 Å². The third-order valence-corrected chi connectivity index (χ3v) is 3.19. The van der Waals surface area contributed by atoms with Crippen LogP contribution >= 0.6 is 12.4 Å². The lowest BCUT2D eigenvalue weighted by Crippen LogP contribution is -2.15. The van der Waals surface area contributed by atoms with Gasteiger partial charge in [-0.05, 0) is 25.3 Å². The Bertz CT molecular complexity index is 335. The molecule has 2 rings (SSSR count). The third-order valence-electron chi connectivity index (χ3n) is 3.19. The molecule has 0 saturated carbocycles. The molecule has 1 atom stereocenters. The smallest absolute Gasteiger partial charge is 0.157 e. The molecular weight excluding hydrogens is 250 g/mol. The molecule has 1 aromatic rings. The van der Waals surface area contributed by atoms with Crippen molar-refractivity contribution in [2.45, 2.75) is 33.2 Å². The molecule has 0 radical (unpaired) electrons. The molecule has 0 aliphatic carbocycles. The minimum absolute atomic E-state index is 0. The van der Waals surface area contributed by atoms with E-state index in [-0.39, 0.29) is 12.4 Å². The van der Waals surface area contributed by atoms with Gasteiger partial charge in [-0.1, -0.05) is 13.8 Å². The normalized spacial score (nSPS) is 18.9. The molecular formula is C13H24ClN3O. The minimum Gasteiger partial charge on any atom is -0.490 e. The Hall–Kier alpha value is -0.740. The fraction of sp³-hybridized carbons (Fsp3) is 0.769. The molecule has 4 nitrogen and oxygen atoms in total. The molecule has 5 heteroatoms. The fourth-order valence-electron chi connectivity index (χ4n) is 2.00. The van der Waals surface area contributed by atoms with Gasteiger partial charge < -0.3 is 10.1 Å². The Morgan fingerprint density at radius 2 is 2.39 bits per heavy atom. The second kappa shape index (κ2) is 7.64. The lowest BCUT2D eigenvalue weighted by atomic mass is 10.1. The highest BCUT2D eigenvalue weighted by molar-refractivity contribution is 5.85. The standard InChI is InChI=1S/C13H23N3O.ClH/c1-11(2)4-6-16-9-13(8-15-16)17-10-12-3-5-14-7-12;/h8-9,11-12,14H,3-7,10H2,1-2H3;1H. The minimum atomic E-state index is 0. The Kier molecular flexibility index (Phi) is 6.50. The van der Waals surface area contributed by atoms with Crippen LogP contribution in [0.25, 0.3) is 0 Å². The number of ether oxygens (including phenoxy) is 1. The third kappa shape index (κ3) is 4.86. The average Bonchev–Trinajstić information content (AvgIpc) is 2.95. The molecule has 104 valence electrons. The van der Waals surface area contributed by atoms with Crippen LogP contribution in [-0.2, 0) is 6.54 Å². The number of nitrogens with one attached hydrogen (secondary N) is 1. The van der Waals surface area contributed by atoms with Crippen LogP contribution in [0.15, 0.2) is 12.4 Å². The predicted octanol–water partition coefficient (Wildman–Crippen LogP) is 2.34. The van der Waals surface area contributed by atoms with Gasteiger partial charge >= 0.3 is 0 Å². The number of nitrogens with zero attached hydrogens (tertiary/aromatic N) is 2. The van der Waals surface area contributed by atoms with Crippen molar-refractivity contribution in [3.8, 4) is 5.75 Å². The van der Waals surface area contributed by atoms with Crippen LogP contribution in [-0.4, -0.2) is 29.5 Å². The van der Waals surface area contributed by atoms with Crippen molar-refractivity contribution in [2.75, 3.05) is 19.7 Å². The maximum Gasteiger partial charge on any atom is 0.157 e. The van der Waals surface area contributed by atoms with Crippen LogP contribution < -0.4 is 10.1 Å². The van der Waals surface area contributed by atoms with E-state index in [9.17, 15) is 0 Å². The highest BCUT2D eigenvalue weighted by Gasteiger charge is 2.15. The van der Waals surface area contributed by atoms with Gasteiger partial charge in [-0.15, -0.1) is 12.4 Å². The zero-order valence-corrected chi connectivity index (χ0v) is 12.1. The first-order valence-corrected chi connectivity index (χ1v) is 6.60. The molecule has 1 aliphatic heterocycles. The van der Waals surface area contributed by atoms with E-state index < -0.39 is 0 Å². The first-order chi connectivity index (χ1) is 8.24. The van der Waals surface area contributed by atoms with E-state index >= 15 is 0 Å². The summed E-state index contributed by atoms with van der Waals surface area (Å²) >= 11 is 0. The zero-order valence-electron chi connectivity index (χ0n) is 11.3.